The molecule has 0 saturated carbocycles. The zero-order chi connectivity index (χ0) is 18.7. The molecule has 1 aromatic carbocycles. The number of benzene rings is 1. The minimum absolute atomic E-state index is 0.0209. The van der Waals surface area contributed by atoms with E-state index in [0.717, 1.165) is 24.8 Å². The van der Waals surface area contributed by atoms with Gasteiger partial charge in [0, 0.05) is 24.2 Å². The van der Waals surface area contributed by atoms with Crippen LogP contribution in [-0.4, -0.2) is 42.1 Å². The van der Waals surface area contributed by atoms with Crippen LogP contribution in [0, 0.1) is 5.82 Å². The summed E-state index contributed by atoms with van der Waals surface area (Å²) < 4.78 is 19.1. The van der Waals surface area contributed by atoms with E-state index in [1.54, 1.807) is 11.0 Å². The van der Waals surface area contributed by atoms with Crippen LogP contribution >= 0.6 is 0 Å². The Labute approximate surface area is 153 Å². The second kappa shape index (κ2) is 7.93. The van der Waals surface area contributed by atoms with E-state index in [0.29, 0.717) is 25.3 Å². The molecule has 2 aliphatic rings. The van der Waals surface area contributed by atoms with Crippen molar-refractivity contribution in [2.24, 2.45) is 0 Å². The molecule has 3 amide bonds. The van der Waals surface area contributed by atoms with Crippen LogP contribution in [0.1, 0.15) is 51.1 Å². The van der Waals surface area contributed by atoms with Gasteiger partial charge < -0.3 is 20.3 Å². The van der Waals surface area contributed by atoms with Crippen LogP contribution in [0.4, 0.5) is 9.18 Å². The fourth-order valence-electron chi connectivity index (χ4n) is 3.58. The Morgan fingerprint density at radius 1 is 1.27 bits per heavy atom. The van der Waals surface area contributed by atoms with Gasteiger partial charge in [0.25, 0.3) is 0 Å². The van der Waals surface area contributed by atoms with Crippen molar-refractivity contribution in [3.8, 4) is 5.75 Å². The van der Waals surface area contributed by atoms with Gasteiger partial charge in [-0.1, -0.05) is 6.07 Å². The van der Waals surface area contributed by atoms with E-state index in [9.17, 15) is 14.0 Å². The molecule has 2 N–H and O–H groups in total. The highest BCUT2D eigenvalue weighted by atomic mass is 19.1. The summed E-state index contributed by atoms with van der Waals surface area (Å²) in [4.78, 5) is 26.8. The zero-order valence-corrected chi connectivity index (χ0v) is 15.3. The van der Waals surface area contributed by atoms with E-state index in [-0.39, 0.29) is 29.8 Å². The lowest BCUT2D eigenvalue weighted by atomic mass is 10.0. The van der Waals surface area contributed by atoms with Gasteiger partial charge in [-0.15, -0.1) is 0 Å². The lowest BCUT2D eigenvalue weighted by Gasteiger charge is -2.27. The third kappa shape index (κ3) is 4.08. The number of urea groups is 1. The summed E-state index contributed by atoms with van der Waals surface area (Å²) >= 11 is 0. The Morgan fingerprint density at radius 2 is 2.08 bits per heavy atom. The molecule has 26 heavy (non-hydrogen) atoms. The number of rotatable bonds is 3. The highest BCUT2D eigenvalue weighted by Gasteiger charge is 2.35. The highest BCUT2D eigenvalue weighted by molar-refractivity contribution is 5.88. The lowest BCUT2D eigenvalue weighted by Crippen LogP contribution is -2.51. The molecule has 1 aromatic rings. The number of nitrogens with zero attached hydrogens (tertiary/aromatic N) is 1. The fraction of sp³-hybridized carbons (Fsp3) is 0.579. The highest BCUT2D eigenvalue weighted by Crippen LogP contribution is 2.32. The Hall–Kier alpha value is -2.31. The molecule has 0 aromatic heterocycles. The average Bonchev–Trinajstić information content (AvgIpc) is 2.99. The third-order valence-corrected chi connectivity index (χ3v) is 4.79. The quantitative estimate of drug-likeness (QED) is 0.867. The van der Waals surface area contributed by atoms with Crippen LogP contribution in [-0.2, 0) is 4.79 Å². The van der Waals surface area contributed by atoms with E-state index in [1.807, 2.05) is 13.8 Å². The van der Waals surface area contributed by atoms with Crippen molar-refractivity contribution in [2.75, 3.05) is 13.2 Å². The van der Waals surface area contributed by atoms with Crippen molar-refractivity contribution in [1.82, 2.24) is 15.5 Å². The fourth-order valence-corrected chi connectivity index (χ4v) is 3.58. The molecule has 0 bridgehead atoms. The number of carbonyl (C=O) groups is 2. The molecule has 0 aliphatic carbocycles. The molecule has 1 fully saturated rings. The zero-order valence-electron chi connectivity index (χ0n) is 15.3. The molecule has 142 valence electrons. The van der Waals surface area contributed by atoms with Crippen LogP contribution < -0.4 is 15.4 Å². The SMILES string of the molecule is CC(C)NC(=O)N1CCC[C@H]1C(=O)NC1CCCOc2cc(F)ccc21. The van der Waals surface area contributed by atoms with Gasteiger partial charge in [0.05, 0.1) is 12.6 Å². The van der Waals surface area contributed by atoms with Gasteiger partial charge in [-0.05, 0) is 45.6 Å². The topological polar surface area (TPSA) is 70.7 Å². The molecule has 1 saturated heterocycles. The van der Waals surface area contributed by atoms with Gasteiger partial charge in [0.15, 0.2) is 0 Å². The molecule has 2 atom stereocenters. The second-order valence-corrected chi connectivity index (χ2v) is 7.19. The Morgan fingerprint density at radius 3 is 2.85 bits per heavy atom. The number of hydrogen-bond donors (Lipinski definition) is 2. The summed E-state index contributed by atoms with van der Waals surface area (Å²) in [5, 5.41) is 5.90. The van der Waals surface area contributed by atoms with Crippen molar-refractivity contribution >= 4 is 11.9 Å². The number of nitrogens with one attached hydrogen (secondary N) is 2. The second-order valence-electron chi connectivity index (χ2n) is 7.19. The summed E-state index contributed by atoms with van der Waals surface area (Å²) in [5.74, 6) is -0.0414. The van der Waals surface area contributed by atoms with E-state index in [4.69, 9.17) is 4.74 Å². The van der Waals surface area contributed by atoms with Crippen molar-refractivity contribution in [3.63, 3.8) is 0 Å². The molecular weight excluding hydrogens is 337 g/mol. The molecule has 0 radical (unpaired) electrons. The predicted octanol–water partition coefficient (Wildman–Crippen LogP) is 2.74. The van der Waals surface area contributed by atoms with Gasteiger partial charge in [0.1, 0.15) is 17.6 Å². The van der Waals surface area contributed by atoms with Crippen molar-refractivity contribution in [1.29, 1.82) is 0 Å². The number of likely N-dealkylation sites (tertiary alicyclic amines) is 1. The van der Waals surface area contributed by atoms with E-state index in [1.165, 1.54) is 12.1 Å². The van der Waals surface area contributed by atoms with Gasteiger partial charge in [0.2, 0.25) is 5.91 Å². The summed E-state index contributed by atoms with van der Waals surface area (Å²) in [6, 6.07) is 3.51. The predicted molar refractivity (Wildman–Crippen MR) is 95.4 cm³/mol. The lowest BCUT2D eigenvalue weighted by molar-refractivity contribution is -0.125. The number of hydrogen-bond acceptors (Lipinski definition) is 3. The molecule has 0 spiro atoms. The van der Waals surface area contributed by atoms with Crippen molar-refractivity contribution in [3.05, 3.63) is 29.6 Å². The maximum Gasteiger partial charge on any atom is 0.318 e. The first-order chi connectivity index (χ1) is 12.5. The van der Waals surface area contributed by atoms with Crippen LogP contribution in [0.15, 0.2) is 18.2 Å². The van der Waals surface area contributed by atoms with E-state index < -0.39 is 6.04 Å². The minimum atomic E-state index is -0.471. The van der Waals surface area contributed by atoms with Gasteiger partial charge in [-0.3, -0.25) is 4.79 Å². The largest absolute Gasteiger partial charge is 0.493 e. The molecule has 2 aliphatic heterocycles. The van der Waals surface area contributed by atoms with Crippen LogP contribution in [0.3, 0.4) is 0 Å². The summed E-state index contributed by atoms with van der Waals surface area (Å²) in [7, 11) is 0. The number of ether oxygens (including phenoxy) is 1. The van der Waals surface area contributed by atoms with E-state index in [2.05, 4.69) is 10.6 Å². The Bertz CT molecular complexity index is 680. The summed E-state index contributed by atoms with van der Waals surface area (Å²) in [5.41, 5.74) is 0.786. The van der Waals surface area contributed by atoms with Crippen LogP contribution in [0.5, 0.6) is 5.75 Å². The molecule has 6 nitrogen and oxygen atoms in total. The smallest absolute Gasteiger partial charge is 0.318 e. The van der Waals surface area contributed by atoms with Crippen LogP contribution in [0.2, 0.25) is 0 Å². The summed E-state index contributed by atoms with van der Waals surface area (Å²) in [6.45, 7) is 4.86. The minimum Gasteiger partial charge on any atom is -0.493 e. The van der Waals surface area contributed by atoms with Crippen LogP contribution in [0.25, 0.3) is 0 Å². The maximum atomic E-state index is 13.5. The molecule has 2 heterocycles. The van der Waals surface area contributed by atoms with Gasteiger partial charge >= 0.3 is 6.03 Å². The monoisotopic (exact) mass is 363 g/mol. The van der Waals surface area contributed by atoms with Crippen molar-refractivity contribution in [2.45, 2.75) is 57.7 Å². The average molecular weight is 363 g/mol. The molecule has 1 unspecified atom stereocenters. The van der Waals surface area contributed by atoms with Gasteiger partial charge in [-0.2, -0.15) is 0 Å². The maximum absolute atomic E-state index is 13.5. The Kier molecular flexibility index (Phi) is 5.64. The number of halogens is 1. The molecule has 3 rings (SSSR count). The standard InChI is InChI=1S/C19H26FN3O3/c1-12(2)21-19(25)23-9-3-6-16(23)18(24)22-15-5-4-10-26-17-11-13(20)7-8-14(15)17/h7-8,11-12,15-16H,3-6,9-10H2,1-2H3,(H,21,25)(H,22,24)/t15?,16-/m0/s1. The van der Waals surface area contributed by atoms with E-state index >= 15 is 0 Å². The normalized spacial score (nSPS) is 22.4. The summed E-state index contributed by atoms with van der Waals surface area (Å²) in [6.07, 6.45) is 2.94. The Balaban J connectivity index is 1.72. The number of fused-ring (bicyclic) bond motifs is 1. The molecule has 7 heteroatoms. The number of amides is 3. The third-order valence-electron chi connectivity index (χ3n) is 4.79. The molecular formula is C19H26FN3O3. The van der Waals surface area contributed by atoms with Gasteiger partial charge in [-0.25, -0.2) is 9.18 Å². The first-order valence-corrected chi connectivity index (χ1v) is 9.25. The van der Waals surface area contributed by atoms with Crippen molar-refractivity contribution < 1.29 is 18.7 Å². The number of carbonyl (C=O) groups excluding carboxylic acids is 2. The first-order valence-electron chi connectivity index (χ1n) is 9.25. The first kappa shape index (κ1) is 18.5.